The lowest BCUT2D eigenvalue weighted by atomic mass is 9.51. The van der Waals surface area contributed by atoms with Crippen LogP contribution in [0.15, 0.2) is 30.3 Å². The van der Waals surface area contributed by atoms with Crippen LogP contribution in [0.1, 0.15) is 56.7 Å². The van der Waals surface area contributed by atoms with Crippen molar-refractivity contribution in [2.45, 2.75) is 76.5 Å². The third-order valence-electron chi connectivity index (χ3n) is 9.44. The minimum atomic E-state index is -0.308. The Morgan fingerprint density at radius 3 is 2.69 bits per heavy atom. The van der Waals surface area contributed by atoms with Crippen molar-refractivity contribution >= 4 is 35.1 Å². The number of likely N-dealkylation sites (tertiary alicyclic amines) is 1. The zero-order valence-corrected chi connectivity index (χ0v) is 24.5. The summed E-state index contributed by atoms with van der Waals surface area (Å²) >= 11 is 12.4. The molecule has 2 aliphatic carbocycles. The molecular weight excluding hydrogens is 535 g/mol. The first kappa shape index (κ1) is 26.9. The van der Waals surface area contributed by atoms with Gasteiger partial charge in [-0.2, -0.15) is 0 Å². The first-order valence-electron chi connectivity index (χ1n) is 14.0. The van der Waals surface area contributed by atoms with Crippen LogP contribution in [-0.4, -0.2) is 60.0 Å². The highest BCUT2D eigenvalue weighted by atomic mass is 35.5. The van der Waals surface area contributed by atoms with E-state index in [4.69, 9.17) is 32.7 Å². The van der Waals surface area contributed by atoms with Crippen LogP contribution in [-0.2, 0) is 27.8 Å². The predicted octanol–water partition coefficient (Wildman–Crippen LogP) is 5.68. The average molecular weight is 572 g/mol. The van der Waals surface area contributed by atoms with E-state index in [2.05, 4.69) is 30.7 Å². The summed E-state index contributed by atoms with van der Waals surface area (Å²) in [5, 5.41) is 0.946. The summed E-state index contributed by atoms with van der Waals surface area (Å²) in [6.45, 7) is 7.41. The summed E-state index contributed by atoms with van der Waals surface area (Å²) < 4.78 is 12.6. The van der Waals surface area contributed by atoms with Gasteiger partial charge in [-0.15, -0.1) is 0 Å². The molecule has 1 amide bonds. The van der Waals surface area contributed by atoms with Gasteiger partial charge in [0.25, 0.3) is 0 Å². The molecule has 2 aromatic carbocycles. The molecule has 2 aromatic rings. The second-order valence-corrected chi connectivity index (χ2v) is 13.0. The fourth-order valence-corrected chi connectivity index (χ4v) is 8.34. The first-order chi connectivity index (χ1) is 18.6. The zero-order chi connectivity index (χ0) is 27.6. The quantitative estimate of drug-likeness (QED) is 0.330. The summed E-state index contributed by atoms with van der Waals surface area (Å²) in [6.07, 6.45) is 3.88. The zero-order valence-electron chi connectivity index (χ0n) is 23.0. The largest absolute Gasteiger partial charge is 0.487 e. The van der Waals surface area contributed by atoms with Crippen LogP contribution in [0, 0.1) is 11.8 Å². The van der Waals surface area contributed by atoms with Gasteiger partial charge in [0.1, 0.15) is 17.6 Å². The fraction of sp³-hybridized carbons (Fsp3) is 0.548. The predicted molar refractivity (Wildman–Crippen MR) is 152 cm³/mol. The molecule has 5 atom stereocenters. The van der Waals surface area contributed by atoms with E-state index >= 15 is 0 Å². The maximum atomic E-state index is 14.0. The van der Waals surface area contributed by atoms with Crippen molar-refractivity contribution in [2.24, 2.45) is 11.8 Å². The monoisotopic (exact) mass is 570 g/mol. The minimum Gasteiger partial charge on any atom is -0.487 e. The maximum Gasteiger partial charge on any atom is 0.308 e. The summed E-state index contributed by atoms with van der Waals surface area (Å²) in [4.78, 5) is 30.5. The number of carbonyl (C=O) groups excluding carboxylic acids is 2. The number of piperidine rings is 1. The van der Waals surface area contributed by atoms with E-state index in [0.717, 1.165) is 49.1 Å². The molecule has 0 N–H and O–H groups in total. The average Bonchev–Trinajstić information content (AvgIpc) is 3.21. The van der Waals surface area contributed by atoms with Crippen LogP contribution >= 0.6 is 23.2 Å². The molecule has 2 heterocycles. The second kappa shape index (κ2) is 9.97. The number of benzene rings is 2. The number of nitrogens with zero attached hydrogens (tertiary/aromatic N) is 2. The van der Waals surface area contributed by atoms with Crippen molar-refractivity contribution in [3.05, 3.63) is 57.1 Å². The van der Waals surface area contributed by atoms with Gasteiger partial charge in [0.2, 0.25) is 5.91 Å². The Morgan fingerprint density at radius 1 is 1.18 bits per heavy atom. The van der Waals surface area contributed by atoms with Crippen molar-refractivity contribution in [3.8, 4) is 11.5 Å². The van der Waals surface area contributed by atoms with Crippen LogP contribution in [0.4, 0.5) is 0 Å². The number of carbonyl (C=O) groups is 2. The second-order valence-electron chi connectivity index (χ2n) is 12.2. The van der Waals surface area contributed by atoms with Gasteiger partial charge >= 0.3 is 5.97 Å². The first-order valence-corrected chi connectivity index (χ1v) is 14.8. The Balaban J connectivity index is 1.40. The van der Waals surface area contributed by atoms with Crippen molar-refractivity contribution in [2.75, 3.05) is 20.1 Å². The SMILES string of the molecule is CC(=O)Oc1ccc2c3c1C[C@@H]1[C@@H]4CC[C@H](N(CC(C)C)C(=O)Cc5ccc(Cl)c(Cl)c5)[C@H](O2)[C@]34CCN1C. The third kappa shape index (κ3) is 4.34. The maximum absolute atomic E-state index is 14.0. The standard InChI is InChI=1S/C31H36Cl2N2O4/c1-17(2)16-35(28(37)14-19-5-7-22(32)23(33)13-19)24-8-6-21-25-15-20-26(38-18(3)36)9-10-27-29(20)31(21,30(24)39-27)11-12-34(25)4/h5,7,9-10,13,17,21,24-25,30H,6,8,11-12,14-16H2,1-4H3/t21-,24-,25+,30-,31-/m0/s1. The third-order valence-corrected chi connectivity index (χ3v) is 10.2. The van der Waals surface area contributed by atoms with Crippen molar-refractivity contribution in [3.63, 3.8) is 0 Å². The Kier molecular flexibility index (Phi) is 6.88. The van der Waals surface area contributed by atoms with Gasteiger partial charge in [0, 0.05) is 36.1 Å². The molecule has 0 aromatic heterocycles. The Morgan fingerprint density at radius 2 is 1.97 bits per heavy atom. The summed E-state index contributed by atoms with van der Waals surface area (Å²) in [7, 11) is 2.21. The smallest absolute Gasteiger partial charge is 0.308 e. The number of hydrogen-bond acceptors (Lipinski definition) is 5. The van der Waals surface area contributed by atoms with E-state index in [1.807, 2.05) is 18.2 Å². The molecule has 0 unspecified atom stereocenters. The summed E-state index contributed by atoms with van der Waals surface area (Å²) in [5.41, 5.74) is 3.00. The number of amides is 1. The highest BCUT2D eigenvalue weighted by Crippen LogP contribution is 2.63. The molecule has 1 saturated heterocycles. The van der Waals surface area contributed by atoms with Gasteiger partial charge in [0.15, 0.2) is 0 Å². The number of hydrogen-bond donors (Lipinski definition) is 0. The Labute approximate surface area is 240 Å². The number of ether oxygens (including phenoxy) is 2. The van der Waals surface area contributed by atoms with E-state index < -0.39 is 0 Å². The van der Waals surface area contributed by atoms with Gasteiger partial charge in [-0.1, -0.05) is 43.1 Å². The summed E-state index contributed by atoms with van der Waals surface area (Å²) in [5.74, 6) is 2.07. The lowest BCUT2D eigenvalue weighted by Gasteiger charge is -2.60. The van der Waals surface area contributed by atoms with Gasteiger partial charge in [-0.05, 0) is 80.9 Å². The van der Waals surface area contributed by atoms with Gasteiger partial charge in [-0.25, -0.2) is 0 Å². The van der Waals surface area contributed by atoms with Crippen molar-refractivity contribution < 1.29 is 19.1 Å². The number of halogens is 2. The van der Waals surface area contributed by atoms with E-state index in [0.29, 0.717) is 40.2 Å². The van der Waals surface area contributed by atoms with Crippen molar-refractivity contribution in [1.82, 2.24) is 9.80 Å². The van der Waals surface area contributed by atoms with E-state index in [1.54, 1.807) is 12.1 Å². The number of rotatable bonds is 6. The van der Waals surface area contributed by atoms with E-state index in [-0.39, 0.29) is 35.9 Å². The molecule has 8 heteroatoms. The van der Waals surface area contributed by atoms with Crippen molar-refractivity contribution in [1.29, 1.82) is 0 Å². The number of likely N-dealkylation sites (N-methyl/N-ethyl adjacent to an activating group) is 1. The van der Waals surface area contributed by atoms with Gasteiger partial charge in [-0.3, -0.25) is 9.59 Å². The molecule has 4 aliphatic rings. The molecule has 6 nitrogen and oxygen atoms in total. The highest BCUT2D eigenvalue weighted by Gasteiger charge is 2.66. The molecular formula is C31H36Cl2N2O4. The molecule has 6 rings (SSSR count). The highest BCUT2D eigenvalue weighted by molar-refractivity contribution is 6.42. The molecule has 2 bridgehead atoms. The van der Waals surface area contributed by atoms with Crippen LogP contribution in [0.2, 0.25) is 10.0 Å². The Bertz CT molecular complexity index is 1330. The molecule has 39 heavy (non-hydrogen) atoms. The van der Waals surface area contributed by atoms with Gasteiger partial charge < -0.3 is 19.3 Å². The number of esters is 1. The van der Waals surface area contributed by atoms with E-state index in [9.17, 15) is 9.59 Å². The molecule has 0 radical (unpaired) electrons. The van der Waals surface area contributed by atoms with Crippen LogP contribution in [0.25, 0.3) is 0 Å². The molecule has 2 fully saturated rings. The normalized spacial score (nSPS) is 28.6. The Hall–Kier alpha value is -2.28. The van der Waals surface area contributed by atoms with Gasteiger partial charge in [0.05, 0.1) is 22.5 Å². The summed E-state index contributed by atoms with van der Waals surface area (Å²) in [6, 6.07) is 9.59. The van der Waals surface area contributed by atoms with E-state index in [1.165, 1.54) is 12.5 Å². The lowest BCUT2D eigenvalue weighted by molar-refractivity contribution is -0.142. The van der Waals surface area contributed by atoms with Crippen LogP contribution in [0.3, 0.4) is 0 Å². The topological polar surface area (TPSA) is 59.1 Å². The molecule has 208 valence electrons. The minimum absolute atomic E-state index is 0.0431. The molecule has 2 aliphatic heterocycles. The van der Waals surface area contributed by atoms with Crippen LogP contribution in [0.5, 0.6) is 11.5 Å². The lowest BCUT2D eigenvalue weighted by Crippen LogP contribution is -2.69. The molecule has 1 saturated carbocycles. The van der Waals surface area contributed by atoms with Crippen LogP contribution < -0.4 is 9.47 Å². The fourth-order valence-electron chi connectivity index (χ4n) is 8.02. The molecule has 1 spiro atoms.